The summed E-state index contributed by atoms with van der Waals surface area (Å²) in [5.74, 6) is 0.167. The average molecular weight is 399 g/mol. The lowest BCUT2D eigenvalue weighted by Gasteiger charge is -2.28. The van der Waals surface area contributed by atoms with E-state index in [2.05, 4.69) is 0 Å². The molecule has 0 unspecified atom stereocenters. The Morgan fingerprint density at radius 1 is 1.14 bits per heavy atom. The summed E-state index contributed by atoms with van der Waals surface area (Å²) in [5.41, 5.74) is -0.555. The minimum atomic E-state index is -0.571. The molecular formula is C19H17N3O7. The fourth-order valence-corrected chi connectivity index (χ4v) is 3.16. The first-order chi connectivity index (χ1) is 14.0. The van der Waals surface area contributed by atoms with Crippen LogP contribution in [0.1, 0.15) is 5.56 Å². The minimum absolute atomic E-state index is 0.000495. The Labute approximate surface area is 164 Å². The van der Waals surface area contributed by atoms with Crippen molar-refractivity contribution in [3.63, 3.8) is 0 Å². The standard InChI is InChI=1S/C19H17N3O7/c23-18-3-1-2-4-21(18)15(19(24)20-5-7-27-8-6-20)9-13-10-16-17(29-12-28-16)11-14(13)22(25)26/h1-4,9-11H,5-8,12H2/b15-9+. The van der Waals surface area contributed by atoms with Crippen molar-refractivity contribution in [3.05, 3.63) is 62.6 Å². The van der Waals surface area contributed by atoms with E-state index in [0.717, 1.165) is 0 Å². The molecule has 0 aliphatic carbocycles. The van der Waals surface area contributed by atoms with E-state index in [1.807, 2.05) is 0 Å². The summed E-state index contributed by atoms with van der Waals surface area (Å²) in [4.78, 5) is 38.1. The molecule has 2 aliphatic heterocycles. The van der Waals surface area contributed by atoms with E-state index < -0.39 is 16.4 Å². The van der Waals surface area contributed by atoms with Crippen molar-refractivity contribution in [1.29, 1.82) is 0 Å². The Morgan fingerprint density at radius 3 is 2.55 bits per heavy atom. The second-order valence-corrected chi connectivity index (χ2v) is 6.36. The molecule has 2 aliphatic rings. The first-order valence-electron chi connectivity index (χ1n) is 8.89. The number of aromatic nitrogens is 1. The number of rotatable bonds is 4. The van der Waals surface area contributed by atoms with Crippen LogP contribution < -0.4 is 15.0 Å². The van der Waals surface area contributed by atoms with Gasteiger partial charge in [-0.25, -0.2) is 0 Å². The lowest BCUT2D eigenvalue weighted by atomic mass is 10.1. The lowest BCUT2D eigenvalue weighted by molar-refractivity contribution is -0.385. The summed E-state index contributed by atoms with van der Waals surface area (Å²) in [7, 11) is 0. The van der Waals surface area contributed by atoms with Gasteiger partial charge in [0.25, 0.3) is 17.2 Å². The summed E-state index contributed by atoms with van der Waals surface area (Å²) >= 11 is 0. The maximum absolute atomic E-state index is 13.2. The van der Waals surface area contributed by atoms with Crippen LogP contribution in [0, 0.1) is 10.1 Å². The van der Waals surface area contributed by atoms with Gasteiger partial charge in [0.05, 0.1) is 29.8 Å². The van der Waals surface area contributed by atoms with Crippen LogP contribution in [-0.2, 0) is 9.53 Å². The molecule has 1 amide bonds. The fraction of sp³-hybridized carbons (Fsp3) is 0.263. The van der Waals surface area contributed by atoms with Gasteiger partial charge in [-0.1, -0.05) is 6.07 Å². The Balaban J connectivity index is 1.86. The molecule has 0 spiro atoms. The highest BCUT2D eigenvalue weighted by atomic mass is 16.7. The number of hydrogen-bond acceptors (Lipinski definition) is 7. The molecular weight excluding hydrogens is 382 g/mol. The van der Waals surface area contributed by atoms with Gasteiger partial charge in [-0.2, -0.15) is 0 Å². The number of nitro groups is 1. The third-order valence-corrected chi connectivity index (χ3v) is 4.61. The van der Waals surface area contributed by atoms with Crippen LogP contribution in [0.2, 0.25) is 0 Å². The smallest absolute Gasteiger partial charge is 0.280 e. The second kappa shape index (κ2) is 7.76. The van der Waals surface area contributed by atoms with Gasteiger partial charge < -0.3 is 19.1 Å². The van der Waals surface area contributed by atoms with Crippen LogP contribution in [0.5, 0.6) is 11.5 Å². The van der Waals surface area contributed by atoms with Crippen molar-refractivity contribution < 1.29 is 23.9 Å². The van der Waals surface area contributed by atoms with Gasteiger partial charge in [0.15, 0.2) is 11.5 Å². The van der Waals surface area contributed by atoms with Gasteiger partial charge in [0, 0.05) is 25.4 Å². The van der Waals surface area contributed by atoms with Crippen molar-refractivity contribution in [2.24, 2.45) is 0 Å². The fourth-order valence-electron chi connectivity index (χ4n) is 3.16. The van der Waals surface area contributed by atoms with E-state index in [0.29, 0.717) is 32.1 Å². The van der Waals surface area contributed by atoms with E-state index in [-0.39, 0.29) is 29.5 Å². The zero-order valence-electron chi connectivity index (χ0n) is 15.3. The molecule has 10 nitrogen and oxygen atoms in total. The summed E-state index contributed by atoms with van der Waals surface area (Å²) in [6.45, 7) is 1.44. The van der Waals surface area contributed by atoms with Gasteiger partial charge in [0.2, 0.25) is 6.79 Å². The van der Waals surface area contributed by atoms with Gasteiger partial charge in [-0.15, -0.1) is 0 Å². The first-order valence-corrected chi connectivity index (χ1v) is 8.89. The van der Waals surface area contributed by atoms with Crippen LogP contribution in [0.3, 0.4) is 0 Å². The second-order valence-electron chi connectivity index (χ2n) is 6.36. The molecule has 1 saturated heterocycles. The predicted octanol–water partition coefficient (Wildman–Crippen LogP) is 1.34. The van der Waals surface area contributed by atoms with Crippen molar-refractivity contribution in [1.82, 2.24) is 9.47 Å². The molecule has 1 aromatic heterocycles. The summed E-state index contributed by atoms with van der Waals surface area (Å²) in [6.07, 6.45) is 2.78. The first kappa shape index (κ1) is 18.7. The number of nitrogens with zero attached hydrogens (tertiary/aromatic N) is 3. The number of nitro benzene ring substituents is 1. The van der Waals surface area contributed by atoms with Crippen molar-refractivity contribution >= 4 is 23.4 Å². The molecule has 4 rings (SSSR count). The Bertz CT molecular complexity index is 1050. The zero-order chi connectivity index (χ0) is 20.4. The molecule has 0 radical (unpaired) electrons. The van der Waals surface area contributed by atoms with Gasteiger partial charge >= 0.3 is 0 Å². The van der Waals surface area contributed by atoms with Crippen molar-refractivity contribution in [2.45, 2.75) is 0 Å². The number of carbonyl (C=O) groups excluding carboxylic acids is 1. The number of hydrogen-bond donors (Lipinski definition) is 0. The van der Waals surface area contributed by atoms with E-state index >= 15 is 0 Å². The highest BCUT2D eigenvalue weighted by Gasteiger charge is 2.26. The number of carbonyl (C=O) groups is 1. The molecule has 29 heavy (non-hydrogen) atoms. The van der Waals surface area contributed by atoms with Crippen LogP contribution in [0.4, 0.5) is 5.69 Å². The molecule has 1 fully saturated rings. The van der Waals surface area contributed by atoms with E-state index in [1.165, 1.54) is 35.0 Å². The number of fused-ring (bicyclic) bond motifs is 1. The molecule has 0 atom stereocenters. The third kappa shape index (κ3) is 3.69. The Morgan fingerprint density at radius 2 is 1.86 bits per heavy atom. The maximum Gasteiger partial charge on any atom is 0.280 e. The van der Waals surface area contributed by atoms with Crippen LogP contribution in [0.25, 0.3) is 11.8 Å². The Kier molecular flexibility index (Phi) is 5.00. The van der Waals surface area contributed by atoms with Gasteiger partial charge in [0.1, 0.15) is 5.70 Å². The van der Waals surface area contributed by atoms with Crippen LogP contribution >= 0.6 is 0 Å². The van der Waals surface area contributed by atoms with Gasteiger partial charge in [-0.05, 0) is 18.2 Å². The zero-order valence-corrected chi connectivity index (χ0v) is 15.3. The molecule has 0 N–H and O–H groups in total. The van der Waals surface area contributed by atoms with Gasteiger partial charge in [-0.3, -0.25) is 24.3 Å². The maximum atomic E-state index is 13.2. The molecule has 0 bridgehead atoms. The predicted molar refractivity (Wildman–Crippen MR) is 101 cm³/mol. The van der Waals surface area contributed by atoms with Crippen LogP contribution in [0.15, 0.2) is 41.3 Å². The number of ether oxygens (including phenoxy) is 3. The molecule has 1 aromatic carbocycles. The Hall–Kier alpha value is -3.66. The number of morpholine rings is 1. The highest BCUT2D eigenvalue weighted by molar-refractivity contribution is 6.18. The third-order valence-electron chi connectivity index (χ3n) is 4.61. The van der Waals surface area contributed by atoms with Crippen molar-refractivity contribution in [3.8, 4) is 11.5 Å². The largest absolute Gasteiger partial charge is 0.454 e. The highest BCUT2D eigenvalue weighted by Crippen LogP contribution is 2.39. The van der Waals surface area contributed by atoms with E-state index in [1.54, 1.807) is 17.0 Å². The molecule has 3 heterocycles. The number of amides is 1. The van der Waals surface area contributed by atoms with Crippen LogP contribution in [-0.4, -0.2) is 53.4 Å². The monoisotopic (exact) mass is 399 g/mol. The topological polar surface area (TPSA) is 113 Å². The van der Waals surface area contributed by atoms with E-state index in [4.69, 9.17) is 14.2 Å². The number of pyridine rings is 1. The normalized spacial score (nSPS) is 16.0. The summed E-state index contributed by atoms with van der Waals surface area (Å²) < 4.78 is 17.0. The summed E-state index contributed by atoms with van der Waals surface area (Å²) in [5, 5.41) is 11.6. The number of benzene rings is 1. The SMILES string of the molecule is O=C(/C(=C\c1cc2c(cc1[N+](=O)[O-])OCO2)n1ccccc1=O)N1CCOCC1. The summed E-state index contributed by atoms with van der Waals surface area (Å²) in [6, 6.07) is 7.16. The molecule has 150 valence electrons. The average Bonchev–Trinajstić information content (AvgIpc) is 3.19. The van der Waals surface area contributed by atoms with E-state index in [9.17, 15) is 19.7 Å². The molecule has 2 aromatic rings. The van der Waals surface area contributed by atoms with Crippen molar-refractivity contribution in [2.75, 3.05) is 33.1 Å². The molecule has 0 saturated carbocycles. The lowest BCUT2D eigenvalue weighted by Crippen LogP contribution is -2.42. The minimum Gasteiger partial charge on any atom is -0.454 e. The molecule has 10 heteroatoms. The quantitative estimate of drug-likeness (QED) is 0.433.